The van der Waals surface area contributed by atoms with Crippen molar-refractivity contribution in [2.45, 2.75) is 18.0 Å². The molecule has 0 bridgehead atoms. The van der Waals surface area contributed by atoms with Gasteiger partial charge in [-0.1, -0.05) is 0 Å². The van der Waals surface area contributed by atoms with Gasteiger partial charge in [0.1, 0.15) is 0 Å². The molecule has 7 nitrogen and oxygen atoms in total. The number of amides is 1. The molecule has 138 valence electrons. The standard InChI is InChI=1S/C14H15F3N2O5S/c1-8(20)18-9-2-4-10(5-3-9)25(23,24)19-6-11(13(21)22)12(7-19)14(15,16)17/h2-5,11-12H,6-7H2,1H3,(H,18,20)(H,21,22)/t11-,12-/m1/s1. The van der Waals surface area contributed by atoms with Crippen molar-refractivity contribution in [3.63, 3.8) is 0 Å². The van der Waals surface area contributed by atoms with Crippen molar-refractivity contribution in [2.24, 2.45) is 11.8 Å². The third kappa shape index (κ3) is 4.10. The summed E-state index contributed by atoms with van der Waals surface area (Å²) in [4.78, 5) is 21.7. The molecule has 11 heteroatoms. The summed E-state index contributed by atoms with van der Waals surface area (Å²) in [6, 6.07) is 4.86. The number of carbonyl (C=O) groups is 2. The molecule has 1 aromatic carbocycles. The number of halogens is 3. The van der Waals surface area contributed by atoms with Crippen molar-refractivity contribution >= 4 is 27.6 Å². The topological polar surface area (TPSA) is 104 Å². The minimum Gasteiger partial charge on any atom is -0.481 e. The Balaban J connectivity index is 2.28. The van der Waals surface area contributed by atoms with E-state index >= 15 is 0 Å². The lowest BCUT2D eigenvalue weighted by Crippen LogP contribution is -2.34. The Morgan fingerprint density at radius 1 is 1.20 bits per heavy atom. The summed E-state index contributed by atoms with van der Waals surface area (Å²) in [6.07, 6.45) is -4.82. The monoisotopic (exact) mass is 380 g/mol. The highest BCUT2D eigenvalue weighted by atomic mass is 32.2. The number of nitrogens with zero attached hydrogens (tertiary/aromatic N) is 1. The van der Waals surface area contributed by atoms with Crippen LogP contribution in [0.15, 0.2) is 29.2 Å². The molecule has 1 heterocycles. The number of rotatable bonds is 4. The average Bonchev–Trinajstić information content (AvgIpc) is 2.93. The summed E-state index contributed by atoms with van der Waals surface area (Å²) in [5, 5.41) is 11.4. The van der Waals surface area contributed by atoms with Gasteiger partial charge in [0.05, 0.1) is 16.7 Å². The van der Waals surface area contributed by atoms with Crippen molar-refractivity contribution in [2.75, 3.05) is 18.4 Å². The number of alkyl halides is 3. The van der Waals surface area contributed by atoms with Crippen molar-refractivity contribution in [3.8, 4) is 0 Å². The van der Waals surface area contributed by atoms with Gasteiger partial charge >= 0.3 is 12.1 Å². The number of hydrogen-bond donors (Lipinski definition) is 2. The first-order valence-corrected chi connectivity index (χ1v) is 8.54. The first-order valence-electron chi connectivity index (χ1n) is 7.10. The van der Waals surface area contributed by atoms with E-state index in [0.717, 1.165) is 12.1 Å². The zero-order valence-corrected chi connectivity index (χ0v) is 13.8. The molecule has 0 spiro atoms. The van der Waals surface area contributed by atoms with E-state index in [4.69, 9.17) is 5.11 Å². The van der Waals surface area contributed by atoms with Gasteiger partial charge in [0.2, 0.25) is 15.9 Å². The second-order valence-corrected chi connectivity index (χ2v) is 7.56. The van der Waals surface area contributed by atoms with Crippen LogP contribution in [-0.4, -0.2) is 49.0 Å². The molecule has 1 amide bonds. The molecule has 1 aliphatic heterocycles. The van der Waals surface area contributed by atoms with E-state index in [0.29, 0.717) is 9.99 Å². The molecule has 0 aromatic heterocycles. The number of carbonyl (C=O) groups excluding carboxylic acids is 1. The molecular weight excluding hydrogens is 365 g/mol. The molecule has 0 radical (unpaired) electrons. The van der Waals surface area contributed by atoms with Crippen molar-refractivity contribution in [3.05, 3.63) is 24.3 Å². The highest BCUT2D eigenvalue weighted by Gasteiger charge is 2.54. The van der Waals surface area contributed by atoms with E-state index in [-0.39, 0.29) is 10.8 Å². The van der Waals surface area contributed by atoms with Crippen LogP contribution in [-0.2, 0) is 19.6 Å². The molecule has 0 saturated carbocycles. The average molecular weight is 380 g/mol. The minimum absolute atomic E-state index is 0.284. The van der Waals surface area contributed by atoms with E-state index in [2.05, 4.69) is 5.32 Å². The van der Waals surface area contributed by atoms with Gasteiger partial charge in [-0.2, -0.15) is 17.5 Å². The maximum atomic E-state index is 13.0. The molecule has 25 heavy (non-hydrogen) atoms. The van der Waals surface area contributed by atoms with Crippen molar-refractivity contribution < 1.29 is 36.3 Å². The summed E-state index contributed by atoms with van der Waals surface area (Å²) in [5.41, 5.74) is 0.324. The Morgan fingerprint density at radius 3 is 2.16 bits per heavy atom. The molecule has 2 atom stereocenters. The first kappa shape index (κ1) is 19.2. The third-order valence-electron chi connectivity index (χ3n) is 3.84. The molecule has 0 aliphatic carbocycles. The van der Waals surface area contributed by atoms with Crippen LogP contribution in [0, 0.1) is 11.8 Å². The number of benzene rings is 1. The smallest absolute Gasteiger partial charge is 0.393 e. The predicted octanol–water partition coefficient (Wildman–Crippen LogP) is 1.53. The fourth-order valence-electron chi connectivity index (χ4n) is 2.61. The Bertz CT molecular complexity index is 777. The first-order chi connectivity index (χ1) is 11.4. The highest BCUT2D eigenvalue weighted by molar-refractivity contribution is 7.89. The Morgan fingerprint density at radius 2 is 1.76 bits per heavy atom. The summed E-state index contributed by atoms with van der Waals surface area (Å²) < 4.78 is 64.5. The second-order valence-electron chi connectivity index (χ2n) is 5.62. The molecule has 1 saturated heterocycles. The van der Waals surface area contributed by atoms with Gasteiger partial charge in [-0.15, -0.1) is 0 Å². The largest absolute Gasteiger partial charge is 0.481 e. The van der Waals surface area contributed by atoms with Crippen molar-refractivity contribution in [1.82, 2.24) is 4.31 Å². The van der Waals surface area contributed by atoms with Crippen LogP contribution in [0.1, 0.15) is 6.92 Å². The van der Waals surface area contributed by atoms with E-state index in [9.17, 15) is 31.2 Å². The highest BCUT2D eigenvalue weighted by Crippen LogP contribution is 2.39. The summed E-state index contributed by atoms with van der Waals surface area (Å²) in [6.45, 7) is -0.441. The number of carboxylic acid groups (broad SMARTS) is 1. The minimum atomic E-state index is -4.82. The van der Waals surface area contributed by atoms with Gasteiger partial charge in [0.25, 0.3) is 0 Å². The summed E-state index contributed by atoms with van der Waals surface area (Å²) in [7, 11) is -4.29. The normalized spacial score (nSPS) is 21.9. The maximum absolute atomic E-state index is 13.0. The number of hydrogen-bond acceptors (Lipinski definition) is 4. The fourth-order valence-corrected chi connectivity index (χ4v) is 4.10. The van der Waals surface area contributed by atoms with Crippen LogP contribution in [0.2, 0.25) is 0 Å². The lowest BCUT2D eigenvalue weighted by Gasteiger charge is -2.18. The maximum Gasteiger partial charge on any atom is 0.393 e. The second kappa shape index (κ2) is 6.64. The van der Waals surface area contributed by atoms with Crippen LogP contribution in [0.3, 0.4) is 0 Å². The lowest BCUT2D eigenvalue weighted by atomic mass is 9.96. The molecule has 2 rings (SSSR count). The van der Waals surface area contributed by atoms with Crippen LogP contribution >= 0.6 is 0 Å². The van der Waals surface area contributed by atoms with Gasteiger partial charge in [-0.3, -0.25) is 9.59 Å². The Hall–Kier alpha value is -2.14. The fraction of sp³-hybridized carbons (Fsp3) is 0.429. The van der Waals surface area contributed by atoms with Crippen LogP contribution in [0.25, 0.3) is 0 Å². The molecule has 1 aromatic rings. The van der Waals surface area contributed by atoms with E-state index < -0.39 is 47.1 Å². The number of nitrogens with one attached hydrogen (secondary N) is 1. The van der Waals surface area contributed by atoms with E-state index in [1.807, 2.05) is 0 Å². The van der Waals surface area contributed by atoms with Gasteiger partial charge in [0, 0.05) is 25.7 Å². The van der Waals surface area contributed by atoms with Crippen LogP contribution in [0.4, 0.5) is 18.9 Å². The summed E-state index contributed by atoms with van der Waals surface area (Å²) >= 11 is 0. The zero-order chi connectivity index (χ0) is 19.0. The molecule has 1 aliphatic rings. The Labute approximate surface area is 141 Å². The van der Waals surface area contributed by atoms with E-state index in [1.54, 1.807) is 0 Å². The molecule has 1 fully saturated rings. The van der Waals surface area contributed by atoms with Crippen LogP contribution < -0.4 is 5.32 Å². The number of anilines is 1. The lowest BCUT2D eigenvalue weighted by molar-refractivity contribution is -0.187. The van der Waals surface area contributed by atoms with Crippen molar-refractivity contribution in [1.29, 1.82) is 0 Å². The molecule has 0 unspecified atom stereocenters. The van der Waals surface area contributed by atoms with Gasteiger partial charge in [0.15, 0.2) is 0 Å². The zero-order valence-electron chi connectivity index (χ0n) is 12.9. The number of aliphatic carboxylic acids is 1. The molecular formula is C14H15F3N2O5S. The van der Waals surface area contributed by atoms with Gasteiger partial charge < -0.3 is 10.4 Å². The third-order valence-corrected chi connectivity index (χ3v) is 5.68. The number of carboxylic acids is 1. The summed E-state index contributed by atoms with van der Waals surface area (Å²) in [5.74, 6) is -6.18. The number of sulfonamides is 1. The predicted molar refractivity (Wildman–Crippen MR) is 80.2 cm³/mol. The Kier molecular flexibility index (Phi) is 5.09. The quantitative estimate of drug-likeness (QED) is 0.825. The van der Waals surface area contributed by atoms with Crippen LogP contribution in [0.5, 0.6) is 0 Å². The van der Waals surface area contributed by atoms with Gasteiger partial charge in [-0.05, 0) is 24.3 Å². The SMILES string of the molecule is CC(=O)Nc1ccc(S(=O)(=O)N2C[C@@H](C(F)(F)F)[C@H](C(=O)O)C2)cc1. The van der Waals surface area contributed by atoms with E-state index in [1.165, 1.54) is 19.1 Å². The van der Waals surface area contributed by atoms with Gasteiger partial charge in [-0.25, -0.2) is 8.42 Å². The molecule has 2 N–H and O–H groups in total.